The highest BCUT2D eigenvalue weighted by Crippen LogP contribution is 2.45. The van der Waals surface area contributed by atoms with Gasteiger partial charge in [-0.1, -0.05) is 31.6 Å². The lowest BCUT2D eigenvalue weighted by atomic mass is 9.79. The summed E-state index contributed by atoms with van der Waals surface area (Å²) in [6, 6.07) is 6.23. The molecule has 0 atom stereocenters. The molecule has 1 fully saturated rings. The summed E-state index contributed by atoms with van der Waals surface area (Å²) in [6.07, 6.45) is 4.87. The first-order valence-electron chi connectivity index (χ1n) is 6.85. The van der Waals surface area contributed by atoms with Gasteiger partial charge in [-0.25, -0.2) is 0 Å². The fourth-order valence-corrected chi connectivity index (χ4v) is 3.67. The van der Waals surface area contributed by atoms with E-state index in [1.807, 2.05) is 13.0 Å². The van der Waals surface area contributed by atoms with Gasteiger partial charge in [0.05, 0.1) is 4.47 Å². The minimum Gasteiger partial charge on any atom is -0.488 e. The van der Waals surface area contributed by atoms with Crippen LogP contribution in [-0.2, 0) is 5.41 Å². The minimum absolute atomic E-state index is 0.126. The highest BCUT2D eigenvalue weighted by Gasteiger charge is 2.36. The Labute approximate surface area is 124 Å². The zero-order chi connectivity index (χ0) is 13.9. The summed E-state index contributed by atoms with van der Waals surface area (Å²) in [4.78, 5) is 0. The standard InChI is InChI=1S/C16H22BrNO/c1-12(2)10-19-14-7-5-6-13(15(14)17)16(11-18)8-3-4-9-16/h5-7H,1,3-4,8-11,18H2,2H3. The Hall–Kier alpha value is -0.800. The van der Waals surface area contributed by atoms with Gasteiger partial charge in [0.2, 0.25) is 0 Å². The molecule has 1 aromatic carbocycles. The lowest BCUT2D eigenvalue weighted by Gasteiger charge is -2.29. The van der Waals surface area contributed by atoms with Gasteiger partial charge in [-0.05, 0) is 52.9 Å². The highest BCUT2D eigenvalue weighted by molar-refractivity contribution is 9.10. The number of nitrogens with two attached hydrogens (primary N) is 1. The molecule has 0 saturated heterocycles. The maximum absolute atomic E-state index is 6.07. The third kappa shape index (κ3) is 3.03. The Bertz CT molecular complexity index is 464. The van der Waals surface area contributed by atoms with Crippen LogP contribution in [0.25, 0.3) is 0 Å². The molecule has 1 aliphatic carbocycles. The van der Waals surface area contributed by atoms with Crippen molar-refractivity contribution in [2.75, 3.05) is 13.2 Å². The molecule has 104 valence electrons. The Kier molecular flexibility index (Phi) is 4.69. The van der Waals surface area contributed by atoms with E-state index in [0.29, 0.717) is 13.2 Å². The van der Waals surface area contributed by atoms with Gasteiger partial charge < -0.3 is 10.5 Å². The van der Waals surface area contributed by atoms with Crippen molar-refractivity contribution in [1.29, 1.82) is 0 Å². The normalized spacial score (nSPS) is 17.4. The molecule has 2 rings (SSSR count). The van der Waals surface area contributed by atoms with Crippen molar-refractivity contribution in [2.45, 2.75) is 38.0 Å². The first-order valence-corrected chi connectivity index (χ1v) is 7.64. The third-order valence-corrected chi connectivity index (χ3v) is 4.78. The molecule has 0 aromatic heterocycles. The third-order valence-electron chi connectivity index (χ3n) is 3.96. The molecule has 1 aliphatic rings. The zero-order valence-electron chi connectivity index (χ0n) is 11.5. The van der Waals surface area contributed by atoms with E-state index in [0.717, 1.165) is 15.8 Å². The van der Waals surface area contributed by atoms with Crippen LogP contribution < -0.4 is 10.5 Å². The van der Waals surface area contributed by atoms with Crippen LogP contribution in [0.3, 0.4) is 0 Å². The summed E-state index contributed by atoms with van der Waals surface area (Å²) < 4.78 is 6.86. The van der Waals surface area contributed by atoms with E-state index in [9.17, 15) is 0 Å². The van der Waals surface area contributed by atoms with Crippen molar-refractivity contribution in [3.05, 3.63) is 40.4 Å². The molecule has 0 spiro atoms. The first-order chi connectivity index (χ1) is 9.09. The zero-order valence-corrected chi connectivity index (χ0v) is 13.1. The first kappa shape index (κ1) is 14.6. The topological polar surface area (TPSA) is 35.2 Å². The van der Waals surface area contributed by atoms with Gasteiger partial charge in [-0.3, -0.25) is 0 Å². The van der Waals surface area contributed by atoms with E-state index in [2.05, 4.69) is 34.6 Å². The second-order valence-electron chi connectivity index (χ2n) is 5.56. The molecule has 1 aromatic rings. The molecule has 0 radical (unpaired) electrons. The van der Waals surface area contributed by atoms with E-state index in [4.69, 9.17) is 10.5 Å². The summed E-state index contributed by atoms with van der Waals surface area (Å²) in [5.41, 5.74) is 8.51. The van der Waals surface area contributed by atoms with Gasteiger partial charge in [-0.15, -0.1) is 0 Å². The number of halogens is 1. The van der Waals surface area contributed by atoms with Gasteiger partial charge in [0.25, 0.3) is 0 Å². The number of hydrogen-bond acceptors (Lipinski definition) is 2. The molecule has 3 heteroatoms. The van der Waals surface area contributed by atoms with Crippen molar-refractivity contribution in [3.8, 4) is 5.75 Å². The second kappa shape index (κ2) is 6.10. The predicted molar refractivity (Wildman–Crippen MR) is 83.7 cm³/mol. The van der Waals surface area contributed by atoms with Crippen LogP contribution in [0.15, 0.2) is 34.8 Å². The number of hydrogen-bond donors (Lipinski definition) is 1. The van der Waals surface area contributed by atoms with E-state index >= 15 is 0 Å². The number of rotatable bonds is 5. The van der Waals surface area contributed by atoms with Crippen molar-refractivity contribution >= 4 is 15.9 Å². The summed E-state index contributed by atoms with van der Waals surface area (Å²) in [5.74, 6) is 0.889. The van der Waals surface area contributed by atoms with Crippen molar-refractivity contribution < 1.29 is 4.74 Å². The van der Waals surface area contributed by atoms with Crippen LogP contribution in [0, 0.1) is 0 Å². The lowest BCUT2D eigenvalue weighted by molar-refractivity contribution is 0.347. The SMILES string of the molecule is C=C(C)COc1cccc(C2(CN)CCCC2)c1Br. The average molecular weight is 324 g/mol. The molecule has 19 heavy (non-hydrogen) atoms. The van der Waals surface area contributed by atoms with Crippen LogP contribution in [0.5, 0.6) is 5.75 Å². The summed E-state index contributed by atoms with van der Waals surface area (Å²) >= 11 is 3.71. The fraction of sp³-hybridized carbons (Fsp3) is 0.500. The molecular formula is C16H22BrNO. The number of benzene rings is 1. The quantitative estimate of drug-likeness (QED) is 0.825. The van der Waals surface area contributed by atoms with E-state index in [1.54, 1.807) is 0 Å². The molecule has 0 heterocycles. The molecule has 0 unspecified atom stereocenters. The summed E-state index contributed by atoms with van der Waals surface area (Å²) in [6.45, 7) is 7.09. The van der Waals surface area contributed by atoms with Crippen LogP contribution in [-0.4, -0.2) is 13.2 Å². The minimum atomic E-state index is 0.126. The molecule has 2 N–H and O–H groups in total. The fourth-order valence-electron chi connectivity index (χ4n) is 2.87. The molecule has 1 saturated carbocycles. The van der Waals surface area contributed by atoms with Gasteiger partial charge in [0.15, 0.2) is 0 Å². The lowest BCUT2D eigenvalue weighted by Crippen LogP contribution is -2.32. The average Bonchev–Trinajstić information content (AvgIpc) is 2.87. The highest BCUT2D eigenvalue weighted by atomic mass is 79.9. The van der Waals surface area contributed by atoms with E-state index in [1.165, 1.54) is 31.2 Å². The maximum Gasteiger partial charge on any atom is 0.134 e. The largest absolute Gasteiger partial charge is 0.488 e. The van der Waals surface area contributed by atoms with Gasteiger partial charge in [-0.2, -0.15) is 0 Å². The van der Waals surface area contributed by atoms with E-state index in [-0.39, 0.29) is 5.41 Å². The van der Waals surface area contributed by atoms with Gasteiger partial charge >= 0.3 is 0 Å². The molecule has 0 bridgehead atoms. The molecule has 0 amide bonds. The molecular weight excluding hydrogens is 302 g/mol. The van der Waals surface area contributed by atoms with Crippen molar-refractivity contribution in [1.82, 2.24) is 0 Å². The second-order valence-corrected chi connectivity index (χ2v) is 6.35. The Morgan fingerprint density at radius 3 is 2.68 bits per heavy atom. The number of ether oxygens (including phenoxy) is 1. The Morgan fingerprint density at radius 1 is 1.42 bits per heavy atom. The summed E-state index contributed by atoms with van der Waals surface area (Å²) in [5, 5.41) is 0. The van der Waals surface area contributed by atoms with Crippen LogP contribution in [0.1, 0.15) is 38.2 Å². The maximum atomic E-state index is 6.07. The smallest absolute Gasteiger partial charge is 0.134 e. The van der Waals surface area contributed by atoms with Crippen molar-refractivity contribution in [2.24, 2.45) is 5.73 Å². The Morgan fingerprint density at radius 2 is 2.11 bits per heavy atom. The predicted octanol–water partition coefficient (Wildman–Crippen LogP) is 4.17. The Balaban J connectivity index is 2.31. The van der Waals surface area contributed by atoms with Crippen LogP contribution in [0.2, 0.25) is 0 Å². The van der Waals surface area contributed by atoms with Crippen LogP contribution >= 0.6 is 15.9 Å². The van der Waals surface area contributed by atoms with Gasteiger partial charge in [0.1, 0.15) is 12.4 Å². The van der Waals surface area contributed by atoms with E-state index < -0.39 is 0 Å². The van der Waals surface area contributed by atoms with Gasteiger partial charge in [0, 0.05) is 12.0 Å². The molecule has 0 aliphatic heterocycles. The van der Waals surface area contributed by atoms with Crippen LogP contribution in [0.4, 0.5) is 0 Å². The van der Waals surface area contributed by atoms with Crippen molar-refractivity contribution in [3.63, 3.8) is 0 Å². The molecule has 2 nitrogen and oxygen atoms in total. The monoisotopic (exact) mass is 323 g/mol. The summed E-state index contributed by atoms with van der Waals surface area (Å²) in [7, 11) is 0.